The summed E-state index contributed by atoms with van der Waals surface area (Å²) in [5, 5.41) is 12.1. The lowest BCUT2D eigenvalue weighted by Gasteiger charge is -2.10. The number of amidine groups is 1. The van der Waals surface area contributed by atoms with E-state index in [0.717, 1.165) is 16.9 Å². The molecule has 0 radical (unpaired) electrons. The monoisotopic (exact) mass is 290 g/mol. The van der Waals surface area contributed by atoms with E-state index in [1.807, 2.05) is 31.2 Å². The van der Waals surface area contributed by atoms with E-state index in [1.165, 1.54) is 0 Å². The van der Waals surface area contributed by atoms with Gasteiger partial charge in [0.05, 0.1) is 0 Å². The van der Waals surface area contributed by atoms with Gasteiger partial charge in [-0.2, -0.15) is 0 Å². The van der Waals surface area contributed by atoms with Crippen molar-refractivity contribution in [1.82, 2.24) is 0 Å². The van der Waals surface area contributed by atoms with Gasteiger partial charge in [-0.3, -0.25) is 0 Å². The highest BCUT2D eigenvalue weighted by Gasteiger charge is 2.06. The van der Waals surface area contributed by atoms with Crippen LogP contribution in [0.2, 0.25) is 5.02 Å². The molecule has 0 aromatic heterocycles. The maximum Gasteiger partial charge on any atom is 0.170 e. The lowest BCUT2D eigenvalue weighted by molar-refractivity contribution is 0.304. The molecule has 0 spiro atoms. The second-order valence-electron chi connectivity index (χ2n) is 4.35. The minimum atomic E-state index is 0.0262. The van der Waals surface area contributed by atoms with Crippen LogP contribution in [0.15, 0.2) is 47.6 Å². The molecule has 0 aliphatic rings. The largest absolute Gasteiger partial charge is 0.489 e. The van der Waals surface area contributed by atoms with Crippen molar-refractivity contribution >= 4 is 17.4 Å². The van der Waals surface area contributed by atoms with Crippen molar-refractivity contribution in [3.05, 3.63) is 64.2 Å². The van der Waals surface area contributed by atoms with Gasteiger partial charge in [-0.1, -0.05) is 47.1 Å². The summed E-state index contributed by atoms with van der Waals surface area (Å²) in [4.78, 5) is 0. The van der Waals surface area contributed by atoms with Crippen molar-refractivity contribution in [1.29, 1.82) is 0 Å². The van der Waals surface area contributed by atoms with Gasteiger partial charge in [0, 0.05) is 16.1 Å². The first-order chi connectivity index (χ1) is 9.61. The Kier molecular flexibility index (Phi) is 4.48. The maximum atomic E-state index is 8.63. The predicted molar refractivity (Wildman–Crippen MR) is 79.5 cm³/mol. The second-order valence-corrected chi connectivity index (χ2v) is 4.75. The zero-order chi connectivity index (χ0) is 14.5. The van der Waals surface area contributed by atoms with Gasteiger partial charge in [0.15, 0.2) is 5.84 Å². The summed E-state index contributed by atoms with van der Waals surface area (Å²) in [6.07, 6.45) is 0. The number of ether oxygens (including phenoxy) is 1. The molecule has 0 aliphatic heterocycles. The number of oxime groups is 1. The number of benzene rings is 2. The van der Waals surface area contributed by atoms with E-state index >= 15 is 0 Å². The highest BCUT2D eigenvalue weighted by atomic mass is 35.5. The molecule has 0 heterocycles. The topological polar surface area (TPSA) is 67.8 Å². The summed E-state index contributed by atoms with van der Waals surface area (Å²) in [5.41, 5.74) is 7.98. The van der Waals surface area contributed by atoms with Crippen molar-refractivity contribution in [2.75, 3.05) is 0 Å². The normalized spacial score (nSPS) is 11.4. The van der Waals surface area contributed by atoms with Crippen LogP contribution in [-0.2, 0) is 6.61 Å². The molecule has 0 saturated carbocycles. The maximum absolute atomic E-state index is 8.63. The van der Waals surface area contributed by atoms with E-state index < -0.39 is 0 Å². The molecule has 104 valence electrons. The van der Waals surface area contributed by atoms with E-state index in [-0.39, 0.29) is 5.84 Å². The molecule has 2 aromatic carbocycles. The number of hydrogen-bond acceptors (Lipinski definition) is 3. The third-order valence-electron chi connectivity index (χ3n) is 2.93. The molecular formula is C15H15ClN2O2. The molecule has 0 atom stereocenters. The van der Waals surface area contributed by atoms with Gasteiger partial charge in [0.25, 0.3) is 0 Å². The fourth-order valence-corrected chi connectivity index (χ4v) is 1.99. The van der Waals surface area contributed by atoms with E-state index in [1.54, 1.807) is 18.2 Å². The fourth-order valence-electron chi connectivity index (χ4n) is 1.76. The number of hydrogen-bond donors (Lipinski definition) is 2. The summed E-state index contributed by atoms with van der Waals surface area (Å²) in [6, 6.07) is 13.0. The molecule has 0 aliphatic carbocycles. The number of nitrogens with two attached hydrogens (primary N) is 1. The minimum absolute atomic E-state index is 0.0262. The van der Waals surface area contributed by atoms with Gasteiger partial charge in [0.1, 0.15) is 12.4 Å². The number of halogens is 1. The summed E-state index contributed by atoms with van der Waals surface area (Å²) in [5.74, 6) is 0.849. The number of nitrogens with zero attached hydrogens (tertiary/aromatic N) is 1. The van der Waals surface area contributed by atoms with Crippen LogP contribution in [0.3, 0.4) is 0 Å². The number of rotatable bonds is 4. The van der Waals surface area contributed by atoms with Gasteiger partial charge in [-0.05, 0) is 24.6 Å². The van der Waals surface area contributed by atoms with Crippen molar-refractivity contribution in [3.8, 4) is 5.75 Å². The Morgan fingerprint density at radius 3 is 2.70 bits per heavy atom. The molecule has 0 fully saturated rings. The van der Waals surface area contributed by atoms with Gasteiger partial charge in [-0.25, -0.2) is 0 Å². The second kappa shape index (κ2) is 6.30. The molecule has 4 nitrogen and oxygen atoms in total. The van der Waals surface area contributed by atoms with Crippen molar-refractivity contribution in [2.45, 2.75) is 13.5 Å². The van der Waals surface area contributed by atoms with E-state index in [2.05, 4.69) is 5.16 Å². The van der Waals surface area contributed by atoms with E-state index in [0.29, 0.717) is 17.2 Å². The molecule has 20 heavy (non-hydrogen) atoms. The van der Waals surface area contributed by atoms with Crippen LogP contribution < -0.4 is 10.5 Å². The first-order valence-electron chi connectivity index (χ1n) is 6.06. The lowest BCUT2D eigenvalue weighted by atomic mass is 10.1. The summed E-state index contributed by atoms with van der Waals surface area (Å²) in [7, 11) is 0. The Balaban J connectivity index is 2.13. The Morgan fingerprint density at radius 1 is 1.30 bits per heavy atom. The molecule has 0 saturated heterocycles. The number of aryl methyl sites for hydroxylation is 1. The van der Waals surface area contributed by atoms with Crippen molar-refractivity contribution < 1.29 is 9.94 Å². The summed E-state index contributed by atoms with van der Waals surface area (Å²) >= 11 is 6.16. The molecule has 0 amide bonds. The molecule has 2 rings (SSSR count). The first kappa shape index (κ1) is 14.2. The summed E-state index contributed by atoms with van der Waals surface area (Å²) < 4.78 is 5.74. The van der Waals surface area contributed by atoms with Crippen molar-refractivity contribution in [2.24, 2.45) is 10.9 Å². The third-order valence-corrected chi connectivity index (χ3v) is 3.29. The average molecular weight is 291 g/mol. The van der Waals surface area contributed by atoms with E-state index in [4.69, 9.17) is 27.3 Å². The van der Waals surface area contributed by atoms with Gasteiger partial charge < -0.3 is 15.7 Å². The van der Waals surface area contributed by atoms with Crippen LogP contribution in [-0.4, -0.2) is 11.0 Å². The first-order valence-corrected chi connectivity index (χ1v) is 6.44. The highest BCUT2D eigenvalue weighted by Crippen LogP contribution is 2.22. The molecule has 3 N–H and O–H groups in total. The van der Waals surface area contributed by atoms with Crippen LogP contribution in [0.4, 0.5) is 0 Å². The lowest BCUT2D eigenvalue weighted by Crippen LogP contribution is -2.13. The average Bonchev–Trinajstić information content (AvgIpc) is 2.46. The van der Waals surface area contributed by atoms with Gasteiger partial charge >= 0.3 is 0 Å². The quantitative estimate of drug-likeness (QED) is 0.393. The minimum Gasteiger partial charge on any atom is -0.489 e. The SMILES string of the molecule is Cc1ccccc1OCc1ccc(/C(N)=N/O)cc1Cl. The van der Waals surface area contributed by atoms with Crippen LogP contribution in [0.25, 0.3) is 0 Å². The molecular weight excluding hydrogens is 276 g/mol. The van der Waals surface area contributed by atoms with Crippen LogP contribution in [0, 0.1) is 6.92 Å². The fraction of sp³-hybridized carbons (Fsp3) is 0.133. The predicted octanol–water partition coefficient (Wildman–Crippen LogP) is 3.32. The Labute approximate surface area is 122 Å². The molecule has 2 aromatic rings. The standard InChI is InChI=1S/C15H15ClN2O2/c1-10-4-2-3-5-14(10)20-9-12-7-6-11(8-13(12)16)15(17)18-19/h2-8,19H,9H2,1H3,(H2,17,18). The zero-order valence-corrected chi connectivity index (χ0v) is 11.8. The van der Waals surface area contributed by atoms with Gasteiger partial charge in [-0.15, -0.1) is 0 Å². The highest BCUT2D eigenvalue weighted by molar-refractivity contribution is 6.31. The zero-order valence-electron chi connectivity index (χ0n) is 11.0. The smallest absolute Gasteiger partial charge is 0.170 e. The Morgan fingerprint density at radius 2 is 2.05 bits per heavy atom. The number of para-hydroxylation sites is 1. The van der Waals surface area contributed by atoms with Gasteiger partial charge in [0.2, 0.25) is 0 Å². The molecule has 5 heteroatoms. The van der Waals surface area contributed by atoms with Crippen LogP contribution >= 0.6 is 11.6 Å². The van der Waals surface area contributed by atoms with E-state index in [9.17, 15) is 0 Å². The molecule has 0 unspecified atom stereocenters. The third kappa shape index (κ3) is 3.22. The van der Waals surface area contributed by atoms with Crippen LogP contribution in [0.5, 0.6) is 5.75 Å². The van der Waals surface area contributed by atoms with Crippen molar-refractivity contribution in [3.63, 3.8) is 0 Å². The summed E-state index contributed by atoms with van der Waals surface area (Å²) in [6.45, 7) is 2.35. The van der Waals surface area contributed by atoms with Crippen LogP contribution in [0.1, 0.15) is 16.7 Å². The Hall–Kier alpha value is -2.20. The Bertz CT molecular complexity index is 642. The molecule has 0 bridgehead atoms.